The average molecular weight is 438 g/mol. The lowest BCUT2D eigenvalue weighted by atomic mass is 9.98. The van der Waals surface area contributed by atoms with Gasteiger partial charge in [0, 0.05) is 27.7 Å². The summed E-state index contributed by atoms with van der Waals surface area (Å²) in [5, 5.41) is 0. The molecule has 5 atom stereocenters. The maximum Gasteiger partial charge on any atom is 0.305 e. The van der Waals surface area contributed by atoms with E-state index in [4.69, 9.17) is 28.4 Å². The molecule has 1 aromatic rings. The monoisotopic (exact) mass is 438 g/mol. The van der Waals surface area contributed by atoms with Gasteiger partial charge in [0.1, 0.15) is 18.8 Å². The molecule has 0 amide bonds. The Morgan fingerprint density at radius 2 is 1.35 bits per heavy atom. The van der Waals surface area contributed by atoms with Crippen molar-refractivity contribution in [2.24, 2.45) is 0 Å². The molecule has 5 unspecified atom stereocenters. The van der Waals surface area contributed by atoms with Crippen molar-refractivity contribution in [3.05, 3.63) is 35.9 Å². The SMILES string of the molecule is CC(=O)OCC1OC(OC(C)=O)C(OC(C)=O)C(OCc2ccccc2)C1OC(C)=O. The van der Waals surface area contributed by atoms with Crippen LogP contribution < -0.4 is 0 Å². The molecule has 0 radical (unpaired) electrons. The fraction of sp³-hybridized carbons (Fsp3) is 0.524. The Morgan fingerprint density at radius 1 is 0.774 bits per heavy atom. The van der Waals surface area contributed by atoms with Gasteiger partial charge in [-0.2, -0.15) is 0 Å². The summed E-state index contributed by atoms with van der Waals surface area (Å²) in [6.07, 6.45) is -5.83. The standard InChI is InChI=1S/C21H26O10/c1-12(22)26-11-17-18(28-13(2)23)19(27-10-16-8-6-5-7-9-16)20(29-14(3)24)21(31-17)30-15(4)25/h5-9,17-21H,10-11H2,1-4H3. The Kier molecular flexibility index (Phi) is 8.95. The molecule has 1 saturated heterocycles. The highest BCUT2D eigenvalue weighted by Gasteiger charge is 2.52. The summed E-state index contributed by atoms with van der Waals surface area (Å²) >= 11 is 0. The molecule has 10 nitrogen and oxygen atoms in total. The second-order valence-electron chi connectivity index (χ2n) is 6.86. The first-order valence-electron chi connectivity index (χ1n) is 9.63. The van der Waals surface area contributed by atoms with Crippen LogP contribution in [0.25, 0.3) is 0 Å². The zero-order valence-electron chi connectivity index (χ0n) is 17.8. The Labute approximate surface area is 179 Å². The molecule has 1 heterocycles. The molecular weight excluding hydrogens is 412 g/mol. The molecule has 1 aliphatic rings. The van der Waals surface area contributed by atoms with Crippen LogP contribution in [-0.4, -0.2) is 61.2 Å². The van der Waals surface area contributed by atoms with E-state index in [1.807, 2.05) is 30.3 Å². The van der Waals surface area contributed by atoms with Crippen LogP contribution in [0.5, 0.6) is 0 Å². The van der Waals surface area contributed by atoms with Gasteiger partial charge in [0.05, 0.1) is 6.61 Å². The zero-order chi connectivity index (χ0) is 23.0. The molecule has 0 N–H and O–H groups in total. The molecule has 0 aromatic heterocycles. The number of rotatable bonds is 8. The van der Waals surface area contributed by atoms with Crippen molar-refractivity contribution in [3.8, 4) is 0 Å². The summed E-state index contributed by atoms with van der Waals surface area (Å²) in [5.41, 5.74) is 0.803. The van der Waals surface area contributed by atoms with Crippen LogP contribution in [0.15, 0.2) is 30.3 Å². The molecule has 1 aliphatic heterocycles. The van der Waals surface area contributed by atoms with Gasteiger partial charge in [-0.1, -0.05) is 30.3 Å². The van der Waals surface area contributed by atoms with Gasteiger partial charge in [-0.05, 0) is 5.56 Å². The van der Waals surface area contributed by atoms with Gasteiger partial charge < -0.3 is 28.4 Å². The highest BCUT2D eigenvalue weighted by Crippen LogP contribution is 2.30. The van der Waals surface area contributed by atoms with Crippen LogP contribution in [-0.2, 0) is 54.2 Å². The van der Waals surface area contributed by atoms with Crippen molar-refractivity contribution in [3.63, 3.8) is 0 Å². The summed E-state index contributed by atoms with van der Waals surface area (Å²) < 4.78 is 32.6. The van der Waals surface area contributed by atoms with Crippen molar-refractivity contribution >= 4 is 23.9 Å². The third-order valence-corrected chi connectivity index (χ3v) is 4.21. The van der Waals surface area contributed by atoms with Crippen molar-refractivity contribution in [1.29, 1.82) is 0 Å². The summed E-state index contributed by atoms with van der Waals surface area (Å²) in [6.45, 7) is 4.50. The predicted octanol–water partition coefficient (Wildman–Crippen LogP) is 1.29. The molecule has 0 aliphatic carbocycles. The van der Waals surface area contributed by atoms with E-state index < -0.39 is 54.6 Å². The predicted molar refractivity (Wildman–Crippen MR) is 103 cm³/mol. The highest BCUT2D eigenvalue weighted by atomic mass is 16.7. The normalized spacial score (nSPS) is 25.2. The number of hydrogen-bond acceptors (Lipinski definition) is 10. The van der Waals surface area contributed by atoms with Gasteiger partial charge in [0.25, 0.3) is 0 Å². The fourth-order valence-electron chi connectivity index (χ4n) is 3.08. The van der Waals surface area contributed by atoms with Crippen LogP contribution in [0.4, 0.5) is 0 Å². The number of carbonyl (C=O) groups excluding carboxylic acids is 4. The molecule has 2 rings (SSSR count). The first-order chi connectivity index (χ1) is 14.7. The molecule has 0 saturated carbocycles. The van der Waals surface area contributed by atoms with Crippen LogP contribution in [0.1, 0.15) is 33.3 Å². The Hall–Kier alpha value is -2.98. The smallest absolute Gasteiger partial charge is 0.305 e. The van der Waals surface area contributed by atoms with Crippen molar-refractivity contribution in [2.45, 2.75) is 65.0 Å². The zero-order valence-corrected chi connectivity index (χ0v) is 17.8. The van der Waals surface area contributed by atoms with Crippen LogP contribution in [0, 0.1) is 0 Å². The van der Waals surface area contributed by atoms with E-state index in [9.17, 15) is 19.2 Å². The molecule has 10 heteroatoms. The Balaban J connectivity index is 2.38. The minimum Gasteiger partial charge on any atom is -0.463 e. The summed E-state index contributed by atoms with van der Waals surface area (Å²) in [7, 11) is 0. The van der Waals surface area contributed by atoms with Crippen LogP contribution in [0.2, 0.25) is 0 Å². The quantitative estimate of drug-likeness (QED) is 0.433. The van der Waals surface area contributed by atoms with Gasteiger partial charge in [0.15, 0.2) is 12.2 Å². The van der Waals surface area contributed by atoms with E-state index in [1.165, 1.54) is 20.8 Å². The van der Waals surface area contributed by atoms with Crippen molar-refractivity contribution in [1.82, 2.24) is 0 Å². The van der Waals surface area contributed by atoms with E-state index in [0.29, 0.717) is 0 Å². The summed E-state index contributed by atoms with van der Waals surface area (Å²) in [6, 6.07) is 9.12. The fourth-order valence-corrected chi connectivity index (χ4v) is 3.08. The van der Waals surface area contributed by atoms with Gasteiger partial charge in [0.2, 0.25) is 6.29 Å². The average Bonchev–Trinajstić information content (AvgIpc) is 2.67. The third-order valence-electron chi connectivity index (χ3n) is 4.21. The number of hydrogen-bond donors (Lipinski definition) is 0. The lowest BCUT2D eigenvalue weighted by Crippen LogP contribution is -2.62. The van der Waals surface area contributed by atoms with Gasteiger partial charge in [-0.25, -0.2) is 0 Å². The Morgan fingerprint density at radius 3 is 1.90 bits per heavy atom. The second kappa shape index (κ2) is 11.4. The number of ether oxygens (including phenoxy) is 6. The van der Waals surface area contributed by atoms with E-state index in [1.54, 1.807) is 0 Å². The molecule has 31 heavy (non-hydrogen) atoms. The Bertz CT molecular complexity index is 778. The summed E-state index contributed by atoms with van der Waals surface area (Å²) in [5.74, 6) is -2.61. The minimum absolute atomic E-state index is 0.0775. The van der Waals surface area contributed by atoms with E-state index >= 15 is 0 Å². The topological polar surface area (TPSA) is 124 Å². The van der Waals surface area contributed by atoms with Gasteiger partial charge >= 0.3 is 23.9 Å². The molecule has 170 valence electrons. The molecule has 0 bridgehead atoms. The lowest BCUT2D eigenvalue weighted by Gasteiger charge is -2.44. The minimum atomic E-state index is -1.37. The van der Waals surface area contributed by atoms with Gasteiger partial charge in [-0.15, -0.1) is 0 Å². The highest BCUT2D eigenvalue weighted by molar-refractivity contribution is 5.68. The third kappa shape index (κ3) is 7.65. The largest absolute Gasteiger partial charge is 0.463 e. The molecule has 1 fully saturated rings. The number of benzene rings is 1. The first kappa shape index (κ1) is 24.3. The summed E-state index contributed by atoms with van der Waals surface area (Å²) in [4.78, 5) is 46.4. The van der Waals surface area contributed by atoms with Crippen LogP contribution >= 0.6 is 0 Å². The maximum atomic E-state index is 11.8. The van der Waals surface area contributed by atoms with E-state index in [2.05, 4.69) is 0 Å². The first-order valence-corrected chi connectivity index (χ1v) is 9.63. The molecule has 0 spiro atoms. The van der Waals surface area contributed by atoms with Gasteiger partial charge in [-0.3, -0.25) is 19.2 Å². The van der Waals surface area contributed by atoms with Crippen molar-refractivity contribution in [2.75, 3.05) is 6.61 Å². The number of carbonyl (C=O) groups is 4. The van der Waals surface area contributed by atoms with E-state index in [0.717, 1.165) is 12.5 Å². The maximum absolute atomic E-state index is 11.8. The number of esters is 4. The van der Waals surface area contributed by atoms with E-state index in [-0.39, 0.29) is 13.2 Å². The molecular formula is C21H26O10. The lowest BCUT2D eigenvalue weighted by molar-refractivity contribution is -0.305. The molecule has 1 aromatic carbocycles. The second-order valence-corrected chi connectivity index (χ2v) is 6.86. The van der Waals surface area contributed by atoms with Crippen LogP contribution in [0.3, 0.4) is 0 Å². The van der Waals surface area contributed by atoms with Crippen molar-refractivity contribution < 1.29 is 47.6 Å².